The molecule has 1 heterocycles. The zero-order valence-electron chi connectivity index (χ0n) is 8.43. The zero-order chi connectivity index (χ0) is 12.3. The molecule has 0 aromatic carbocycles. The van der Waals surface area contributed by atoms with Gasteiger partial charge in [0.25, 0.3) is 0 Å². The summed E-state index contributed by atoms with van der Waals surface area (Å²) in [6, 6.07) is 1.11. The molecule has 0 aliphatic carbocycles. The van der Waals surface area contributed by atoms with Crippen molar-refractivity contribution < 1.29 is 23.4 Å². The highest BCUT2D eigenvalue weighted by Gasteiger charge is 2.21. The lowest BCUT2D eigenvalue weighted by Crippen LogP contribution is -2.26. The molecule has 3 N–H and O–H groups in total. The van der Waals surface area contributed by atoms with Gasteiger partial charge in [-0.3, -0.25) is 0 Å². The molecule has 1 rings (SSSR count). The number of aryl methyl sites for hydroxylation is 1. The largest absolute Gasteiger partial charge is 0.477 e. The van der Waals surface area contributed by atoms with Crippen LogP contribution in [0, 0.1) is 6.92 Å². The van der Waals surface area contributed by atoms with Gasteiger partial charge in [0, 0.05) is 11.4 Å². The fourth-order valence-electron chi connectivity index (χ4n) is 1.10. The van der Waals surface area contributed by atoms with E-state index in [4.69, 9.17) is 10.2 Å². The average Bonchev–Trinajstić information content (AvgIpc) is 2.58. The highest BCUT2D eigenvalue weighted by Crippen LogP contribution is 2.25. The van der Waals surface area contributed by atoms with Gasteiger partial charge in [-0.05, 0) is 13.0 Å². The molecular weight excluding hydrogens is 254 g/mol. The molecule has 0 saturated heterocycles. The minimum atomic E-state index is -3.73. The summed E-state index contributed by atoms with van der Waals surface area (Å²) in [6.45, 7) is 1.12. The van der Waals surface area contributed by atoms with Crippen molar-refractivity contribution in [3.63, 3.8) is 0 Å². The minimum Gasteiger partial charge on any atom is -0.477 e. The first-order valence-electron chi connectivity index (χ1n) is 4.32. The van der Waals surface area contributed by atoms with Crippen molar-refractivity contribution in [2.75, 3.05) is 13.2 Å². The molecule has 0 spiro atoms. The Hall–Kier alpha value is -0.960. The Balaban J connectivity index is 3.08. The van der Waals surface area contributed by atoms with Gasteiger partial charge in [0.05, 0.1) is 11.5 Å². The number of rotatable bonds is 5. The summed E-state index contributed by atoms with van der Waals surface area (Å²) in [4.78, 5) is 11.0. The monoisotopic (exact) mass is 265 g/mol. The van der Waals surface area contributed by atoms with E-state index in [9.17, 15) is 13.2 Å². The molecule has 6 nitrogen and oxygen atoms in total. The third kappa shape index (κ3) is 2.79. The number of aromatic carboxylic acids is 1. The van der Waals surface area contributed by atoms with E-state index in [0.29, 0.717) is 4.88 Å². The third-order valence-electron chi connectivity index (χ3n) is 1.78. The van der Waals surface area contributed by atoms with E-state index < -0.39 is 16.0 Å². The van der Waals surface area contributed by atoms with Crippen LogP contribution >= 0.6 is 11.3 Å². The maximum atomic E-state index is 11.6. The third-order valence-corrected chi connectivity index (χ3v) is 4.53. The number of aliphatic hydroxyl groups is 1. The Morgan fingerprint density at radius 2 is 2.19 bits per heavy atom. The lowest BCUT2D eigenvalue weighted by molar-refractivity contribution is 0.0702. The van der Waals surface area contributed by atoms with Crippen molar-refractivity contribution in [1.29, 1.82) is 0 Å². The Labute approximate surface area is 96.6 Å². The summed E-state index contributed by atoms with van der Waals surface area (Å²) in [5.74, 6) is -1.16. The molecule has 16 heavy (non-hydrogen) atoms. The van der Waals surface area contributed by atoms with Gasteiger partial charge >= 0.3 is 5.97 Å². The normalized spacial score (nSPS) is 11.6. The Bertz CT molecular complexity index is 491. The van der Waals surface area contributed by atoms with E-state index in [2.05, 4.69) is 4.72 Å². The number of carbonyl (C=O) groups is 1. The molecule has 1 aromatic heterocycles. The van der Waals surface area contributed by atoms with Gasteiger partial charge in [-0.2, -0.15) is 0 Å². The topological polar surface area (TPSA) is 104 Å². The van der Waals surface area contributed by atoms with Crippen molar-refractivity contribution in [3.05, 3.63) is 15.8 Å². The molecule has 90 valence electrons. The van der Waals surface area contributed by atoms with E-state index >= 15 is 0 Å². The predicted octanol–water partition coefficient (Wildman–Crippen LogP) is 0.0253. The molecular formula is C8H11NO5S2. The summed E-state index contributed by atoms with van der Waals surface area (Å²) in [6.07, 6.45) is 0. The van der Waals surface area contributed by atoms with Crippen LogP contribution in [0.4, 0.5) is 0 Å². The number of carboxylic acid groups (broad SMARTS) is 1. The zero-order valence-corrected chi connectivity index (χ0v) is 10.1. The summed E-state index contributed by atoms with van der Waals surface area (Å²) in [7, 11) is -3.73. The molecule has 0 atom stereocenters. The number of sulfonamides is 1. The predicted molar refractivity (Wildman–Crippen MR) is 58.3 cm³/mol. The van der Waals surface area contributed by atoms with Crippen molar-refractivity contribution in [2.45, 2.75) is 11.8 Å². The SMILES string of the molecule is Cc1sc(C(=O)O)cc1S(=O)(=O)NCCO. The standard InChI is InChI=1S/C8H11NO5S2/c1-5-7(4-6(15-5)8(11)12)16(13,14)9-2-3-10/h4,9-10H,2-3H2,1H3,(H,11,12). The Morgan fingerprint density at radius 1 is 1.56 bits per heavy atom. The number of hydrogen-bond acceptors (Lipinski definition) is 5. The molecule has 0 radical (unpaired) electrons. The first kappa shape index (κ1) is 13.1. The van der Waals surface area contributed by atoms with Gasteiger partial charge in [0.1, 0.15) is 4.88 Å². The van der Waals surface area contributed by atoms with Gasteiger partial charge in [-0.15, -0.1) is 11.3 Å². The van der Waals surface area contributed by atoms with E-state index in [1.54, 1.807) is 0 Å². The molecule has 0 bridgehead atoms. The highest BCUT2D eigenvalue weighted by atomic mass is 32.2. The molecule has 0 aliphatic heterocycles. The minimum absolute atomic E-state index is 0.0260. The fourth-order valence-corrected chi connectivity index (χ4v) is 3.54. The van der Waals surface area contributed by atoms with Crippen LogP contribution in [0.25, 0.3) is 0 Å². The van der Waals surface area contributed by atoms with Crippen molar-refractivity contribution in [1.82, 2.24) is 4.72 Å². The second-order valence-electron chi connectivity index (χ2n) is 2.96. The number of hydrogen-bond donors (Lipinski definition) is 3. The quantitative estimate of drug-likeness (QED) is 0.696. The maximum absolute atomic E-state index is 11.6. The molecule has 1 aromatic rings. The molecule has 8 heteroatoms. The molecule has 0 amide bonds. The summed E-state index contributed by atoms with van der Waals surface area (Å²) < 4.78 is 25.4. The lowest BCUT2D eigenvalue weighted by atomic mass is 10.4. The van der Waals surface area contributed by atoms with Crippen LogP contribution < -0.4 is 4.72 Å². The fraction of sp³-hybridized carbons (Fsp3) is 0.375. The van der Waals surface area contributed by atoms with Gasteiger partial charge in [0.2, 0.25) is 10.0 Å². The number of nitrogens with one attached hydrogen (secondary N) is 1. The first-order valence-corrected chi connectivity index (χ1v) is 6.62. The molecule has 0 saturated carbocycles. The van der Waals surface area contributed by atoms with E-state index in [-0.39, 0.29) is 22.9 Å². The van der Waals surface area contributed by atoms with Crippen molar-refractivity contribution in [3.8, 4) is 0 Å². The van der Waals surface area contributed by atoms with Gasteiger partial charge in [0.15, 0.2) is 0 Å². The Morgan fingerprint density at radius 3 is 2.62 bits per heavy atom. The van der Waals surface area contributed by atoms with Gasteiger partial charge in [-0.1, -0.05) is 0 Å². The first-order chi connectivity index (χ1) is 7.38. The smallest absolute Gasteiger partial charge is 0.345 e. The number of thiophene rings is 1. The van der Waals surface area contributed by atoms with Crippen LogP contribution in [0.3, 0.4) is 0 Å². The highest BCUT2D eigenvalue weighted by molar-refractivity contribution is 7.89. The van der Waals surface area contributed by atoms with Crippen LogP contribution in [0.15, 0.2) is 11.0 Å². The second kappa shape index (κ2) is 4.91. The van der Waals surface area contributed by atoms with Crippen molar-refractivity contribution in [2.24, 2.45) is 0 Å². The van der Waals surface area contributed by atoms with E-state index in [0.717, 1.165) is 17.4 Å². The van der Waals surface area contributed by atoms with E-state index in [1.807, 2.05) is 0 Å². The lowest BCUT2D eigenvalue weighted by Gasteiger charge is -2.03. The van der Waals surface area contributed by atoms with Gasteiger partial charge in [-0.25, -0.2) is 17.9 Å². The Kier molecular flexibility index (Phi) is 4.03. The number of carboxylic acids is 1. The molecule has 0 unspecified atom stereocenters. The van der Waals surface area contributed by atoms with Gasteiger partial charge < -0.3 is 10.2 Å². The van der Waals surface area contributed by atoms with Crippen LogP contribution in [0.1, 0.15) is 14.5 Å². The molecule has 0 aliphatic rings. The second-order valence-corrected chi connectivity index (χ2v) is 5.95. The maximum Gasteiger partial charge on any atom is 0.345 e. The summed E-state index contributed by atoms with van der Waals surface area (Å²) in [5.41, 5.74) is 0. The number of aliphatic hydroxyl groups excluding tert-OH is 1. The summed E-state index contributed by atoms with van der Waals surface area (Å²) >= 11 is 0.902. The van der Waals surface area contributed by atoms with Crippen LogP contribution in [-0.4, -0.2) is 37.8 Å². The van der Waals surface area contributed by atoms with Crippen molar-refractivity contribution >= 4 is 27.3 Å². The van der Waals surface area contributed by atoms with E-state index in [1.165, 1.54) is 6.92 Å². The average molecular weight is 265 g/mol. The van der Waals surface area contributed by atoms with Crippen LogP contribution in [-0.2, 0) is 10.0 Å². The van der Waals surface area contributed by atoms with Crippen LogP contribution in [0.2, 0.25) is 0 Å². The summed E-state index contributed by atoms with van der Waals surface area (Å²) in [5, 5.41) is 17.2. The molecule has 0 fully saturated rings. The van der Waals surface area contributed by atoms with Crippen LogP contribution in [0.5, 0.6) is 0 Å².